The summed E-state index contributed by atoms with van der Waals surface area (Å²) in [4.78, 5) is 82.7. The van der Waals surface area contributed by atoms with Gasteiger partial charge in [-0.2, -0.15) is 0 Å². The van der Waals surface area contributed by atoms with Crippen LogP contribution in [-0.2, 0) is 30.4 Å². The Morgan fingerprint density at radius 3 is 2.24 bits per heavy atom. The van der Waals surface area contributed by atoms with Crippen LogP contribution in [0.5, 0.6) is 5.75 Å². The number of primary amides is 1. The number of carbonyl (C=O) groups is 6. The normalized spacial score (nSPS) is 29.1. The molecule has 4 unspecified atom stereocenters. The number of nitrogens with one attached hydrogen (secondary N) is 2. The molecule has 6 atom stereocenters. The first-order valence-electron chi connectivity index (χ1n) is 13.8. The molecule has 13 nitrogen and oxygen atoms in total. The summed E-state index contributed by atoms with van der Waals surface area (Å²) in [7, 11) is 6.52. The molecule has 0 saturated heterocycles. The zero-order valence-electron chi connectivity index (χ0n) is 24.9. The highest BCUT2D eigenvalue weighted by Gasteiger charge is 2.69. The number of Topliss-reactive ketones (excluding diaryl/α,β-unsaturated/α-hetero) is 4. The average molecular weight is 586 g/mol. The maximum atomic E-state index is 14.1. The molecule has 42 heavy (non-hydrogen) atoms. The van der Waals surface area contributed by atoms with Gasteiger partial charge in [-0.1, -0.05) is 0 Å². The Bertz CT molecular complexity index is 1400. The Morgan fingerprint density at radius 2 is 1.71 bits per heavy atom. The fourth-order valence-corrected chi connectivity index (χ4v) is 6.69. The van der Waals surface area contributed by atoms with Crippen LogP contribution in [0.1, 0.15) is 43.1 Å². The lowest BCUT2D eigenvalue weighted by Crippen LogP contribution is -2.74. The summed E-state index contributed by atoms with van der Waals surface area (Å²) in [5.41, 5.74) is 2.95. The molecule has 0 heterocycles. The highest BCUT2D eigenvalue weighted by Crippen LogP contribution is 2.52. The van der Waals surface area contributed by atoms with E-state index in [9.17, 15) is 39.0 Å². The number of amides is 2. The van der Waals surface area contributed by atoms with Gasteiger partial charge in [0, 0.05) is 31.2 Å². The van der Waals surface area contributed by atoms with Crippen molar-refractivity contribution in [2.24, 2.45) is 29.4 Å². The van der Waals surface area contributed by atoms with Crippen molar-refractivity contribution in [1.29, 1.82) is 0 Å². The number of hydrogen-bond donors (Lipinski definition) is 5. The number of nitrogens with zero attached hydrogens (tertiary/aromatic N) is 2. The molecule has 3 aliphatic rings. The Balaban J connectivity index is 1.81. The molecule has 3 aliphatic carbocycles. The molecule has 0 bridgehead atoms. The quantitative estimate of drug-likeness (QED) is 0.208. The molecule has 1 aromatic carbocycles. The van der Waals surface area contributed by atoms with E-state index in [0.29, 0.717) is 11.3 Å². The fourth-order valence-electron chi connectivity index (χ4n) is 6.69. The van der Waals surface area contributed by atoms with Gasteiger partial charge in [0.05, 0.1) is 29.8 Å². The Hall–Kier alpha value is -3.68. The first-order chi connectivity index (χ1) is 19.3. The molecule has 0 spiro atoms. The van der Waals surface area contributed by atoms with Gasteiger partial charge in [-0.15, -0.1) is 0 Å². The number of hydrogen-bond acceptors (Lipinski definition) is 11. The highest BCUT2D eigenvalue weighted by atomic mass is 16.3. The van der Waals surface area contributed by atoms with Crippen molar-refractivity contribution in [1.82, 2.24) is 10.2 Å². The SMILES string of the molecule is CN(C)c1cc(NC(=O)CNC(C)(C)C)c(O)c2c1C[C@H]1CC3[C@@H](N(C)C)C(=O)C(C(N)=O)C(=O)C3(O)C(=O)C1C2=O. The molecule has 2 saturated carbocycles. The number of phenolic OH excluding ortho intramolecular Hbond substituents is 1. The third-order valence-electron chi connectivity index (χ3n) is 8.57. The minimum atomic E-state index is -2.80. The molecular formula is C29H39N5O8. The van der Waals surface area contributed by atoms with Crippen molar-refractivity contribution in [2.75, 3.05) is 45.0 Å². The predicted octanol–water partition coefficient (Wildman–Crippen LogP) is -0.740. The van der Waals surface area contributed by atoms with Crippen LogP contribution in [0.3, 0.4) is 0 Å². The van der Waals surface area contributed by atoms with Gasteiger partial charge in [-0.25, -0.2) is 0 Å². The molecule has 0 aromatic heterocycles. The van der Waals surface area contributed by atoms with Crippen LogP contribution in [0.4, 0.5) is 11.4 Å². The topological polar surface area (TPSA) is 199 Å². The van der Waals surface area contributed by atoms with Gasteiger partial charge in [0.1, 0.15) is 5.75 Å². The van der Waals surface area contributed by atoms with E-state index >= 15 is 0 Å². The van der Waals surface area contributed by atoms with Crippen molar-refractivity contribution in [3.8, 4) is 5.75 Å². The second-order valence-corrected chi connectivity index (χ2v) is 13.0. The van der Waals surface area contributed by atoms with Gasteiger partial charge >= 0.3 is 0 Å². The van der Waals surface area contributed by atoms with Crippen molar-refractivity contribution in [3.05, 3.63) is 17.2 Å². The number of carbonyl (C=O) groups excluding carboxylic acids is 6. The highest BCUT2D eigenvalue weighted by molar-refractivity contribution is 6.32. The number of ketones is 4. The Morgan fingerprint density at radius 1 is 1.10 bits per heavy atom. The number of rotatable bonds is 6. The average Bonchev–Trinajstić information content (AvgIpc) is 2.85. The van der Waals surface area contributed by atoms with Crippen molar-refractivity contribution in [3.63, 3.8) is 0 Å². The largest absolute Gasteiger partial charge is 0.505 e. The molecule has 6 N–H and O–H groups in total. The lowest BCUT2D eigenvalue weighted by Gasteiger charge is -2.52. The molecule has 2 fully saturated rings. The second kappa shape index (κ2) is 10.5. The molecule has 0 aliphatic heterocycles. The Labute approximate surface area is 243 Å². The second-order valence-electron chi connectivity index (χ2n) is 13.0. The molecule has 228 valence electrons. The van der Waals surface area contributed by atoms with E-state index in [1.807, 2.05) is 20.8 Å². The standard InChI is InChI=1S/C29H39N5O8/c1-28(2,3)31-11-17(35)32-15-10-16(33(4)5)13-8-12-9-14-21(34(6)7)24(38)20(27(30)41)26(40)29(14,42)25(39)18(12)23(37)19(13)22(15)36/h10,12,14,18,20-21,31,36,42H,8-9,11H2,1-7H3,(H2,30,41)(H,32,35)/t12-,14?,18?,20?,21+,29?/m0/s1. The maximum Gasteiger partial charge on any atom is 0.238 e. The first-order valence-corrected chi connectivity index (χ1v) is 13.8. The molecule has 13 heteroatoms. The van der Waals surface area contributed by atoms with Crippen LogP contribution in [0.15, 0.2) is 6.07 Å². The first kappa shape index (κ1) is 31.3. The third kappa shape index (κ3) is 4.88. The fraction of sp³-hybridized carbons (Fsp3) is 0.586. The lowest BCUT2D eigenvalue weighted by atomic mass is 9.52. The van der Waals surface area contributed by atoms with E-state index in [1.54, 1.807) is 25.1 Å². The Kier molecular flexibility index (Phi) is 7.85. The summed E-state index contributed by atoms with van der Waals surface area (Å²) in [5, 5.41) is 28.6. The molecule has 4 rings (SSSR count). The van der Waals surface area contributed by atoms with Gasteiger partial charge < -0.3 is 31.5 Å². The number of fused-ring (bicyclic) bond motifs is 3. The summed E-state index contributed by atoms with van der Waals surface area (Å²) >= 11 is 0. The molecule has 1 aromatic rings. The van der Waals surface area contributed by atoms with Gasteiger partial charge in [0.15, 0.2) is 34.7 Å². The number of aromatic hydroxyl groups is 1. The lowest BCUT2D eigenvalue weighted by molar-refractivity contribution is -0.181. The molecule has 2 amide bonds. The number of phenols is 1. The maximum absolute atomic E-state index is 14.1. The van der Waals surface area contributed by atoms with Gasteiger partial charge in [0.25, 0.3) is 0 Å². The van der Waals surface area contributed by atoms with Crippen LogP contribution in [0, 0.1) is 23.7 Å². The summed E-state index contributed by atoms with van der Waals surface area (Å²) in [6.45, 7) is 5.58. The van der Waals surface area contributed by atoms with E-state index < -0.39 is 76.0 Å². The number of likely N-dealkylation sites (N-methyl/N-ethyl adjacent to an activating group) is 1. The zero-order valence-corrected chi connectivity index (χ0v) is 24.9. The van der Waals surface area contributed by atoms with Crippen LogP contribution < -0.4 is 21.3 Å². The molecule has 0 radical (unpaired) electrons. The summed E-state index contributed by atoms with van der Waals surface area (Å²) < 4.78 is 0. The predicted molar refractivity (Wildman–Crippen MR) is 152 cm³/mol. The van der Waals surface area contributed by atoms with E-state index in [1.165, 1.54) is 19.0 Å². The van der Waals surface area contributed by atoms with Crippen molar-refractivity contribution >= 4 is 46.3 Å². The van der Waals surface area contributed by atoms with Crippen LogP contribution in [0.25, 0.3) is 0 Å². The van der Waals surface area contributed by atoms with Gasteiger partial charge in [0.2, 0.25) is 11.8 Å². The van der Waals surface area contributed by atoms with Gasteiger partial charge in [-0.05, 0) is 65.3 Å². The summed E-state index contributed by atoms with van der Waals surface area (Å²) in [6.07, 6.45) is 0.0706. The van der Waals surface area contributed by atoms with E-state index in [2.05, 4.69) is 10.6 Å². The number of nitrogens with two attached hydrogens (primary N) is 1. The third-order valence-corrected chi connectivity index (χ3v) is 8.57. The van der Waals surface area contributed by atoms with E-state index in [4.69, 9.17) is 5.73 Å². The van der Waals surface area contributed by atoms with Crippen molar-refractivity contribution in [2.45, 2.75) is 50.8 Å². The number of aliphatic hydroxyl groups is 1. The smallest absolute Gasteiger partial charge is 0.238 e. The summed E-state index contributed by atoms with van der Waals surface area (Å²) in [5.74, 6) is -11.8. The monoisotopic (exact) mass is 585 g/mol. The number of benzene rings is 1. The van der Waals surface area contributed by atoms with E-state index in [0.717, 1.165) is 0 Å². The van der Waals surface area contributed by atoms with Crippen LogP contribution >= 0.6 is 0 Å². The molecular weight excluding hydrogens is 546 g/mol. The van der Waals surface area contributed by atoms with Gasteiger partial charge in [-0.3, -0.25) is 33.7 Å². The van der Waals surface area contributed by atoms with Crippen LogP contribution in [0.2, 0.25) is 0 Å². The van der Waals surface area contributed by atoms with Crippen LogP contribution in [-0.4, -0.2) is 102 Å². The minimum Gasteiger partial charge on any atom is -0.505 e. The summed E-state index contributed by atoms with van der Waals surface area (Å²) in [6, 6.07) is 0.374. The van der Waals surface area contributed by atoms with Crippen molar-refractivity contribution < 1.29 is 39.0 Å². The van der Waals surface area contributed by atoms with E-state index in [-0.39, 0.29) is 36.2 Å². The minimum absolute atomic E-state index is 0.0365. The zero-order chi connectivity index (χ0) is 31.6. The number of anilines is 2.